The molecule has 0 spiro atoms. The number of benzene rings is 1. The second-order valence-electron chi connectivity index (χ2n) is 3.62. The Labute approximate surface area is 101 Å². The standard InChI is InChI=1S/C11H13BrF3N/c1-16(7-6-12)8-9-2-4-10(5-3-9)11(13,14)15/h2-5H,6-8H2,1H3. The van der Waals surface area contributed by atoms with Crippen LogP contribution in [-0.4, -0.2) is 23.8 Å². The van der Waals surface area contributed by atoms with Gasteiger partial charge in [0.25, 0.3) is 0 Å². The van der Waals surface area contributed by atoms with Gasteiger partial charge in [-0.25, -0.2) is 0 Å². The van der Waals surface area contributed by atoms with Crippen LogP contribution < -0.4 is 0 Å². The summed E-state index contributed by atoms with van der Waals surface area (Å²) in [6.07, 6.45) is -4.25. The Morgan fingerprint density at radius 1 is 1.19 bits per heavy atom. The lowest BCUT2D eigenvalue weighted by Crippen LogP contribution is -2.19. The van der Waals surface area contributed by atoms with Crippen LogP contribution in [0.15, 0.2) is 24.3 Å². The maximum atomic E-state index is 12.3. The van der Waals surface area contributed by atoms with E-state index in [0.29, 0.717) is 6.54 Å². The summed E-state index contributed by atoms with van der Waals surface area (Å²) in [5, 5.41) is 0.851. The third-order valence-electron chi connectivity index (χ3n) is 2.20. The van der Waals surface area contributed by atoms with Crippen LogP contribution >= 0.6 is 15.9 Å². The molecule has 0 bridgehead atoms. The van der Waals surface area contributed by atoms with Crippen LogP contribution in [0.3, 0.4) is 0 Å². The first-order valence-electron chi connectivity index (χ1n) is 4.84. The van der Waals surface area contributed by atoms with Crippen molar-refractivity contribution in [2.45, 2.75) is 12.7 Å². The van der Waals surface area contributed by atoms with Crippen molar-refractivity contribution in [3.05, 3.63) is 35.4 Å². The SMILES string of the molecule is CN(CCBr)Cc1ccc(C(F)(F)F)cc1. The van der Waals surface area contributed by atoms with Crippen molar-refractivity contribution >= 4 is 15.9 Å². The topological polar surface area (TPSA) is 3.24 Å². The summed E-state index contributed by atoms with van der Waals surface area (Å²) >= 11 is 3.31. The summed E-state index contributed by atoms with van der Waals surface area (Å²) in [5.74, 6) is 0. The molecule has 0 radical (unpaired) electrons. The van der Waals surface area contributed by atoms with E-state index in [-0.39, 0.29) is 0 Å². The van der Waals surface area contributed by atoms with Gasteiger partial charge in [-0.2, -0.15) is 13.2 Å². The second-order valence-corrected chi connectivity index (χ2v) is 4.41. The van der Waals surface area contributed by atoms with Gasteiger partial charge in [-0.1, -0.05) is 28.1 Å². The zero-order valence-electron chi connectivity index (χ0n) is 8.89. The molecule has 0 aliphatic heterocycles. The van der Waals surface area contributed by atoms with Crippen molar-refractivity contribution in [1.82, 2.24) is 4.90 Å². The van der Waals surface area contributed by atoms with Gasteiger partial charge in [-0.05, 0) is 24.7 Å². The molecule has 0 heterocycles. The van der Waals surface area contributed by atoms with E-state index in [1.54, 1.807) is 0 Å². The molecule has 0 aliphatic rings. The highest BCUT2D eigenvalue weighted by Crippen LogP contribution is 2.29. The third-order valence-corrected chi connectivity index (χ3v) is 2.55. The lowest BCUT2D eigenvalue weighted by atomic mass is 10.1. The monoisotopic (exact) mass is 295 g/mol. The zero-order chi connectivity index (χ0) is 12.2. The zero-order valence-corrected chi connectivity index (χ0v) is 10.5. The smallest absolute Gasteiger partial charge is 0.301 e. The van der Waals surface area contributed by atoms with E-state index >= 15 is 0 Å². The summed E-state index contributed by atoms with van der Waals surface area (Å²) in [6, 6.07) is 5.29. The molecule has 0 aromatic heterocycles. The van der Waals surface area contributed by atoms with Crippen LogP contribution in [-0.2, 0) is 12.7 Å². The summed E-state index contributed by atoms with van der Waals surface area (Å²) in [5.41, 5.74) is 0.288. The molecule has 0 fully saturated rings. The Kier molecular flexibility index (Phi) is 4.80. The Morgan fingerprint density at radius 2 is 1.75 bits per heavy atom. The molecule has 1 aromatic rings. The number of nitrogens with zero attached hydrogens (tertiary/aromatic N) is 1. The van der Waals surface area contributed by atoms with E-state index in [9.17, 15) is 13.2 Å². The highest BCUT2D eigenvalue weighted by atomic mass is 79.9. The van der Waals surface area contributed by atoms with Crippen LogP contribution in [0.2, 0.25) is 0 Å². The predicted molar refractivity (Wildman–Crippen MR) is 61.6 cm³/mol. The van der Waals surface area contributed by atoms with E-state index < -0.39 is 11.7 Å². The molecule has 0 atom stereocenters. The first-order chi connectivity index (χ1) is 7.43. The molecule has 0 aliphatic carbocycles. The minimum atomic E-state index is -4.25. The molecule has 1 aromatic carbocycles. The first-order valence-corrected chi connectivity index (χ1v) is 5.96. The fraction of sp³-hybridized carbons (Fsp3) is 0.455. The molecule has 5 heteroatoms. The van der Waals surface area contributed by atoms with Crippen molar-refractivity contribution in [2.75, 3.05) is 18.9 Å². The number of hydrogen-bond acceptors (Lipinski definition) is 1. The molecule has 0 saturated heterocycles. The highest BCUT2D eigenvalue weighted by Gasteiger charge is 2.29. The Morgan fingerprint density at radius 3 is 2.19 bits per heavy atom. The summed E-state index contributed by atoms with van der Waals surface area (Å²) < 4.78 is 36.9. The van der Waals surface area contributed by atoms with Gasteiger partial charge < -0.3 is 4.90 Å². The molecular weight excluding hydrogens is 283 g/mol. The fourth-order valence-corrected chi connectivity index (χ4v) is 1.94. The van der Waals surface area contributed by atoms with Gasteiger partial charge in [0.15, 0.2) is 0 Å². The van der Waals surface area contributed by atoms with Crippen LogP contribution in [0.4, 0.5) is 13.2 Å². The lowest BCUT2D eigenvalue weighted by Gasteiger charge is -2.15. The van der Waals surface area contributed by atoms with E-state index in [0.717, 1.165) is 29.6 Å². The van der Waals surface area contributed by atoms with E-state index in [1.807, 2.05) is 11.9 Å². The average Bonchev–Trinajstić information content (AvgIpc) is 2.17. The van der Waals surface area contributed by atoms with Crippen LogP contribution in [0, 0.1) is 0 Å². The van der Waals surface area contributed by atoms with Gasteiger partial charge in [0.2, 0.25) is 0 Å². The Hall–Kier alpha value is -0.550. The fourth-order valence-electron chi connectivity index (χ4n) is 1.33. The van der Waals surface area contributed by atoms with Crippen LogP contribution in [0.1, 0.15) is 11.1 Å². The summed E-state index contributed by atoms with van der Waals surface area (Å²) in [4.78, 5) is 2.04. The minimum absolute atomic E-state index is 0.598. The number of hydrogen-bond donors (Lipinski definition) is 0. The van der Waals surface area contributed by atoms with Crippen molar-refractivity contribution in [3.63, 3.8) is 0 Å². The van der Waals surface area contributed by atoms with Gasteiger partial charge in [0.05, 0.1) is 5.56 Å². The maximum Gasteiger partial charge on any atom is 0.416 e. The van der Waals surface area contributed by atoms with Crippen molar-refractivity contribution < 1.29 is 13.2 Å². The van der Waals surface area contributed by atoms with Crippen molar-refractivity contribution in [1.29, 1.82) is 0 Å². The van der Waals surface area contributed by atoms with Gasteiger partial charge in [-0.3, -0.25) is 0 Å². The average molecular weight is 296 g/mol. The molecule has 1 nitrogen and oxygen atoms in total. The van der Waals surface area contributed by atoms with Crippen molar-refractivity contribution in [3.8, 4) is 0 Å². The molecule has 90 valence electrons. The van der Waals surface area contributed by atoms with Crippen molar-refractivity contribution in [2.24, 2.45) is 0 Å². The largest absolute Gasteiger partial charge is 0.416 e. The van der Waals surface area contributed by atoms with E-state index in [1.165, 1.54) is 12.1 Å². The normalized spacial score (nSPS) is 12.1. The van der Waals surface area contributed by atoms with E-state index in [4.69, 9.17) is 0 Å². The van der Waals surface area contributed by atoms with Crippen LogP contribution in [0.25, 0.3) is 0 Å². The van der Waals surface area contributed by atoms with Crippen LogP contribution in [0.5, 0.6) is 0 Å². The maximum absolute atomic E-state index is 12.3. The molecule has 0 N–H and O–H groups in total. The lowest BCUT2D eigenvalue weighted by molar-refractivity contribution is -0.137. The third kappa shape index (κ3) is 4.14. The van der Waals surface area contributed by atoms with Gasteiger partial charge in [0.1, 0.15) is 0 Å². The second kappa shape index (κ2) is 5.68. The van der Waals surface area contributed by atoms with E-state index in [2.05, 4.69) is 15.9 Å². The quantitative estimate of drug-likeness (QED) is 0.768. The molecule has 1 rings (SSSR count). The number of alkyl halides is 4. The minimum Gasteiger partial charge on any atom is -0.301 e. The molecular formula is C11H13BrF3N. The predicted octanol–water partition coefficient (Wildman–Crippen LogP) is 3.53. The number of halogens is 4. The molecule has 0 saturated carbocycles. The molecule has 0 amide bonds. The Bertz CT molecular complexity index is 321. The Balaban J connectivity index is 2.65. The molecule has 16 heavy (non-hydrogen) atoms. The first kappa shape index (κ1) is 13.5. The number of rotatable bonds is 4. The summed E-state index contributed by atoms with van der Waals surface area (Å²) in [7, 11) is 1.93. The van der Waals surface area contributed by atoms with Gasteiger partial charge >= 0.3 is 6.18 Å². The van der Waals surface area contributed by atoms with Gasteiger partial charge in [0, 0.05) is 18.4 Å². The van der Waals surface area contributed by atoms with Gasteiger partial charge in [-0.15, -0.1) is 0 Å². The molecule has 0 unspecified atom stereocenters. The summed E-state index contributed by atoms with van der Waals surface area (Å²) in [6.45, 7) is 1.52. The highest BCUT2D eigenvalue weighted by molar-refractivity contribution is 9.09.